The third-order valence-electron chi connectivity index (χ3n) is 3.86. The molecule has 1 aliphatic heterocycles. The zero-order valence-corrected chi connectivity index (χ0v) is 10.9. The molecule has 0 bridgehead atoms. The minimum atomic E-state index is -0.720. The lowest BCUT2D eigenvalue weighted by Gasteiger charge is -2.24. The minimum Gasteiger partial charge on any atom is -0.480 e. The number of hydrogen-bond donors (Lipinski definition) is 1. The molecule has 1 fully saturated rings. The van der Waals surface area contributed by atoms with Crippen molar-refractivity contribution in [3.63, 3.8) is 0 Å². The summed E-state index contributed by atoms with van der Waals surface area (Å²) in [5.41, 5.74) is 1.64. The van der Waals surface area contributed by atoms with Crippen LogP contribution in [0.1, 0.15) is 25.3 Å². The molecule has 1 aromatic carbocycles. The second-order valence-electron chi connectivity index (χ2n) is 5.65. The number of carboxylic acid groups (broad SMARTS) is 1. The van der Waals surface area contributed by atoms with E-state index in [-0.39, 0.29) is 12.0 Å². The Morgan fingerprint density at radius 3 is 2.78 bits per heavy atom. The molecule has 0 amide bonds. The lowest BCUT2D eigenvalue weighted by atomic mass is 9.83. The van der Waals surface area contributed by atoms with Crippen LogP contribution in [0.25, 0.3) is 0 Å². The summed E-state index contributed by atoms with van der Waals surface area (Å²) < 4.78 is 0. The van der Waals surface area contributed by atoms with Crippen LogP contribution in [0.3, 0.4) is 0 Å². The summed E-state index contributed by atoms with van der Waals surface area (Å²) in [5.74, 6) is -0.720. The molecule has 1 N–H and O–H groups in total. The summed E-state index contributed by atoms with van der Waals surface area (Å²) in [5, 5.41) is 8.81. The highest BCUT2D eigenvalue weighted by Crippen LogP contribution is 2.34. The van der Waals surface area contributed by atoms with Crippen LogP contribution in [0.4, 0.5) is 0 Å². The smallest absolute Gasteiger partial charge is 0.317 e. The summed E-state index contributed by atoms with van der Waals surface area (Å²) in [6, 6.07) is 10.5. The van der Waals surface area contributed by atoms with Gasteiger partial charge in [0, 0.05) is 6.54 Å². The quantitative estimate of drug-likeness (QED) is 0.868. The van der Waals surface area contributed by atoms with E-state index in [1.807, 2.05) is 11.0 Å². The van der Waals surface area contributed by atoms with Gasteiger partial charge in [-0.15, -0.1) is 0 Å². The number of likely N-dealkylation sites (tertiary alicyclic amines) is 1. The van der Waals surface area contributed by atoms with Gasteiger partial charge in [0.2, 0.25) is 0 Å². The lowest BCUT2D eigenvalue weighted by Crippen LogP contribution is -2.30. The molecule has 0 spiro atoms. The molecule has 0 unspecified atom stereocenters. The summed E-state index contributed by atoms with van der Waals surface area (Å²) in [7, 11) is 0. The number of aliphatic carboxylic acids is 1. The van der Waals surface area contributed by atoms with Gasteiger partial charge in [0.05, 0.1) is 6.54 Å². The number of benzene rings is 1. The van der Waals surface area contributed by atoms with Gasteiger partial charge in [-0.25, -0.2) is 0 Å². The second kappa shape index (κ2) is 5.53. The molecule has 98 valence electrons. The first-order chi connectivity index (χ1) is 8.57. The number of carboxylic acids is 1. The molecule has 0 saturated carbocycles. The normalized spacial score (nSPS) is 24.3. The Balaban J connectivity index is 1.84. The fourth-order valence-corrected chi connectivity index (χ4v) is 2.75. The van der Waals surface area contributed by atoms with E-state index in [1.165, 1.54) is 5.56 Å². The summed E-state index contributed by atoms with van der Waals surface area (Å²) in [6.07, 6.45) is 3.32. The van der Waals surface area contributed by atoms with Gasteiger partial charge in [-0.2, -0.15) is 0 Å². The van der Waals surface area contributed by atoms with Gasteiger partial charge in [0.1, 0.15) is 0 Å². The van der Waals surface area contributed by atoms with Crippen LogP contribution in [-0.2, 0) is 11.2 Å². The molecule has 1 aromatic rings. The minimum absolute atomic E-state index is 0.181. The Bertz CT molecular complexity index is 404. The number of hydrogen-bond acceptors (Lipinski definition) is 2. The Morgan fingerprint density at radius 2 is 2.11 bits per heavy atom. The molecule has 1 atom stereocenters. The topological polar surface area (TPSA) is 40.5 Å². The molecule has 18 heavy (non-hydrogen) atoms. The second-order valence-corrected chi connectivity index (χ2v) is 5.65. The summed E-state index contributed by atoms with van der Waals surface area (Å²) in [6.45, 7) is 4.28. The van der Waals surface area contributed by atoms with Gasteiger partial charge in [-0.1, -0.05) is 37.3 Å². The number of carbonyl (C=O) groups is 1. The van der Waals surface area contributed by atoms with Crippen molar-refractivity contribution in [1.82, 2.24) is 4.90 Å². The maximum Gasteiger partial charge on any atom is 0.317 e. The average molecular weight is 247 g/mol. The van der Waals surface area contributed by atoms with Crippen molar-refractivity contribution >= 4 is 5.97 Å². The van der Waals surface area contributed by atoms with Crippen LogP contribution < -0.4 is 0 Å². The van der Waals surface area contributed by atoms with E-state index >= 15 is 0 Å². The fourth-order valence-electron chi connectivity index (χ4n) is 2.75. The molecule has 3 heteroatoms. The summed E-state index contributed by atoms with van der Waals surface area (Å²) >= 11 is 0. The van der Waals surface area contributed by atoms with Crippen molar-refractivity contribution in [3.8, 4) is 0 Å². The third kappa shape index (κ3) is 3.57. The van der Waals surface area contributed by atoms with Crippen LogP contribution in [-0.4, -0.2) is 35.6 Å². The van der Waals surface area contributed by atoms with Crippen LogP contribution in [0.15, 0.2) is 30.3 Å². The Labute approximate surface area is 108 Å². The Hall–Kier alpha value is -1.35. The Kier molecular flexibility index (Phi) is 4.02. The van der Waals surface area contributed by atoms with Gasteiger partial charge in [0.25, 0.3) is 0 Å². The van der Waals surface area contributed by atoms with Crippen LogP contribution in [0, 0.1) is 5.41 Å². The van der Waals surface area contributed by atoms with Crippen molar-refractivity contribution in [2.75, 3.05) is 19.6 Å². The van der Waals surface area contributed by atoms with Crippen molar-refractivity contribution in [2.24, 2.45) is 5.41 Å². The zero-order valence-electron chi connectivity index (χ0n) is 10.9. The Morgan fingerprint density at radius 1 is 1.39 bits per heavy atom. The van der Waals surface area contributed by atoms with Crippen molar-refractivity contribution in [1.29, 1.82) is 0 Å². The van der Waals surface area contributed by atoms with Gasteiger partial charge in [0.15, 0.2) is 0 Å². The highest BCUT2D eigenvalue weighted by atomic mass is 16.4. The maximum absolute atomic E-state index is 10.7. The first kappa shape index (κ1) is 13.1. The van der Waals surface area contributed by atoms with E-state index in [0.29, 0.717) is 0 Å². The van der Waals surface area contributed by atoms with Crippen molar-refractivity contribution in [2.45, 2.75) is 26.2 Å². The molecule has 1 saturated heterocycles. The molecule has 1 aliphatic rings. The monoisotopic (exact) mass is 247 g/mol. The van der Waals surface area contributed by atoms with E-state index < -0.39 is 5.97 Å². The van der Waals surface area contributed by atoms with Crippen LogP contribution >= 0.6 is 0 Å². The van der Waals surface area contributed by atoms with Crippen LogP contribution in [0.2, 0.25) is 0 Å². The molecule has 2 rings (SSSR count). The van der Waals surface area contributed by atoms with E-state index in [1.54, 1.807) is 0 Å². The average Bonchev–Trinajstić information content (AvgIpc) is 2.70. The summed E-state index contributed by atoms with van der Waals surface area (Å²) in [4.78, 5) is 12.8. The van der Waals surface area contributed by atoms with Crippen LogP contribution in [0.5, 0.6) is 0 Å². The molecule has 0 aliphatic carbocycles. The largest absolute Gasteiger partial charge is 0.480 e. The van der Waals surface area contributed by atoms with Gasteiger partial charge >= 0.3 is 5.97 Å². The first-order valence-electron chi connectivity index (χ1n) is 6.55. The molecular formula is C15H21NO2. The third-order valence-corrected chi connectivity index (χ3v) is 3.86. The standard InChI is InChI=1S/C15H21NO2/c1-15(8-7-13-5-3-2-4-6-13)9-10-16(12-15)11-14(17)18/h2-6H,7-12H2,1H3,(H,17,18)/t15-/m0/s1. The van der Waals surface area contributed by atoms with Gasteiger partial charge < -0.3 is 5.11 Å². The molecular weight excluding hydrogens is 226 g/mol. The lowest BCUT2D eigenvalue weighted by molar-refractivity contribution is -0.138. The number of nitrogens with zero attached hydrogens (tertiary/aromatic N) is 1. The van der Waals surface area contributed by atoms with Crippen molar-refractivity contribution in [3.05, 3.63) is 35.9 Å². The molecule has 1 heterocycles. The fraction of sp³-hybridized carbons (Fsp3) is 0.533. The van der Waals surface area contributed by atoms with Gasteiger partial charge in [-0.3, -0.25) is 9.69 Å². The highest BCUT2D eigenvalue weighted by Gasteiger charge is 2.33. The zero-order chi connectivity index (χ0) is 13.0. The molecule has 3 nitrogen and oxygen atoms in total. The predicted molar refractivity (Wildman–Crippen MR) is 71.6 cm³/mol. The number of aryl methyl sites for hydroxylation is 1. The molecule has 0 aromatic heterocycles. The highest BCUT2D eigenvalue weighted by molar-refractivity contribution is 5.69. The van der Waals surface area contributed by atoms with E-state index in [4.69, 9.17) is 5.11 Å². The first-order valence-corrected chi connectivity index (χ1v) is 6.55. The van der Waals surface area contributed by atoms with Crippen molar-refractivity contribution < 1.29 is 9.90 Å². The predicted octanol–water partition coefficient (Wildman–Crippen LogP) is 2.42. The van der Waals surface area contributed by atoms with E-state index in [9.17, 15) is 4.79 Å². The van der Waals surface area contributed by atoms with E-state index in [0.717, 1.165) is 32.4 Å². The maximum atomic E-state index is 10.7. The number of rotatable bonds is 5. The van der Waals surface area contributed by atoms with E-state index in [2.05, 4.69) is 31.2 Å². The SMILES string of the molecule is C[C@]1(CCc2ccccc2)CCN(CC(=O)O)C1. The molecule has 0 radical (unpaired) electrons. The van der Waals surface area contributed by atoms with Gasteiger partial charge in [-0.05, 0) is 36.8 Å².